The van der Waals surface area contributed by atoms with Crippen LogP contribution in [0.5, 0.6) is 0 Å². The van der Waals surface area contributed by atoms with Crippen molar-refractivity contribution in [2.24, 2.45) is 5.92 Å². The molecule has 6 heteroatoms. The predicted molar refractivity (Wildman–Crippen MR) is 126 cm³/mol. The molecule has 5 nitrogen and oxygen atoms in total. The number of thiazole rings is 1. The number of rotatable bonds is 7. The highest BCUT2D eigenvalue weighted by Crippen LogP contribution is 2.28. The minimum atomic E-state index is -0.00683. The van der Waals surface area contributed by atoms with Crippen molar-refractivity contribution in [1.82, 2.24) is 9.88 Å². The van der Waals surface area contributed by atoms with E-state index >= 15 is 0 Å². The third-order valence-electron chi connectivity index (χ3n) is 5.87. The Kier molecular flexibility index (Phi) is 6.97. The zero-order valence-electron chi connectivity index (χ0n) is 18.0. The number of hydrogen-bond acceptors (Lipinski definition) is 4. The van der Waals surface area contributed by atoms with Gasteiger partial charge < -0.3 is 10.2 Å². The smallest absolute Gasteiger partial charge is 0.226 e. The molecule has 1 N–H and O–H groups in total. The first-order chi connectivity index (χ1) is 15.1. The number of anilines is 1. The second-order valence-electron chi connectivity index (χ2n) is 8.31. The number of carbonyl (C=O) groups is 2. The molecular formula is C25H29N3O2S. The van der Waals surface area contributed by atoms with E-state index in [0.717, 1.165) is 54.6 Å². The Morgan fingerprint density at radius 1 is 1.10 bits per heavy atom. The van der Waals surface area contributed by atoms with Gasteiger partial charge in [-0.3, -0.25) is 9.59 Å². The minimum absolute atomic E-state index is 0.00683. The van der Waals surface area contributed by atoms with Crippen LogP contribution in [0.3, 0.4) is 0 Å². The molecule has 31 heavy (non-hydrogen) atoms. The predicted octanol–water partition coefficient (Wildman–Crippen LogP) is 5.06. The summed E-state index contributed by atoms with van der Waals surface area (Å²) in [7, 11) is 0. The summed E-state index contributed by atoms with van der Waals surface area (Å²) in [5.74, 6) is 0.840. The van der Waals surface area contributed by atoms with Gasteiger partial charge in [0.25, 0.3) is 0 Å². The van der Waals surface area contributed by atoms with E-state index in [1.54, 1.807) is 0 Å². The zero-order valence-corrected chi connectivity index (χ0v) is 18.8. The molecule has 0 bridgehead atoms. The normalized spacial score (nSPS) is 14.7. The molecular weight excluding hydrogens is 406 g/mol. The Labute approximate surface area is 187 Å². The van der Waals surface area contributed by atoms with Gasteiger partial charge in [-0.05, 0) is 54.9 Å². The maximum atomic E-state index is 12.8. The summed E-state index contributed by atoms with van der Waals surface area (Å²) in [5, 5.41) is 3.48. The van der Waals surface area contributed by atoms with Crippen molar-refractivity contribution in [2.45, 2.75) is 45.4 Å². The number of carbonyl (C=O) groups excluding carboxylic acids is 2. The van der Waals surface area contributed by atoms with Crippen LogP contribution >= 0.6 is 11.3 Å². The van der Waals surface area contributed by atoms with Gasteiger partial charge >= 0.3 is 0 Å². The van der Waals surface area contributed by atoms with E-state index in [2.05, 4.69) is 40.6 Å². The fraction of sp³-hybridized carbons (Fsp3) is 0.400. The molecule has 3 aromatic rings. The quantitative estimate of drug-likeness (QED) is 0.564. The van der Waals surface area contributed by atoms with Gasteiger partial charge in [-0.15, -0.1) is 0 Å². The number of fused-ring (bicyclic) bond motifs is 1. The molecule has 0 unspecified atom stereocenters. The van der Waals surface area contributed by atoms with Crippen LogP contribution in [0.25, 0.3) is 10.2 Å². The molecule has 0 aliphatic carbocycles. The highest BCUT2D eigenvalue weighted by Gasteiger charge is 2.23. The maximum Gasteiger partial charge on any atom is 0.226 e. The third-order valence-corrected chi connectivity index (χ3v) is 6.80. The Bertz CT molecular complexity index is 1040. The van der Waals surface area contributed by atoms with E-state index in [1.165, 1.54) is 16.9 Å². The number of nitrogens with zero attached hydrogens (tertiary/aromatic N) is 2. The number of benzene rings is 2. The zero-order chi connectivity index (χ0) is 21.6. The van der Waals surface area contributed by atoms with Crippen LogP contribution in [0, 0.1) is 5.92 Å². The van der Waals surface area contributed by atoms with Gasteiger partial charge in [-0.25, -0.2) is 4.98 Å². The van der Waals surface area contributed by atoms with Gasteiger partial charge in [0.1, 0.15) is 0 Å². The average molecular weight is 436 g/mol. The molecule has 0 saturated carbocycles. The van der Waals surface area contributed by atoms with Gasteiger partial charge in [-0.1, -0.05) is 54.7 Å². The van der Waals surface area contributed by atoms with Crippen LogP contribution in [-0.2, 0) is 22.4 Å². The van der Waals surface area contributed by atoms with Crippen molar-refractivity contribution in [2.75, 3.05) is 18.4 Å². The van der Waals surface area contributed by atoms with Crippen molar-refractivity contribution in [3.63, 3.8) is 0 Å². The third kappa shape index (κ3) is 5.70. The Hall–Kier alpha value is -2.73. The van der Waals surface area contributed by atoms with Crippen LogP contribution in [0.2, 0.25) is 0 Å². The number of likely N-dealkylation sites (tertiary alicyclic amines) is 1. The van der Waals surface area contributed by atoms with E-state index < -0.39 is 0 Å². The van der Waals surface area contributed by atoms with Gasteiger partial charge in [-0.2, -0.15) is 0 Å². The summed E-state index contributed by atoms with van der Waals surface area (Å²) in [6, 6.07) is 16.6. The van der Waals surface area contributed by atoms with Crippen molar-refractivity contribution in [3.05, 3.63) is 59.7 Å². The van der Waals surface area contributed by atoms with Crippen LogP contribution in [-0.4, -0.2) is 34.8 Å². The first-order valence-electron chi connectivity index (χ1n) is 11.1. The molecule has 1 aliphatic rings. The van der Waals surface area contributed by atoms with Gasteiger partial charge in [0.2, 0.25) is 11.8 Å². The lowest BCUT2D eigenvalue weighted by Gasteiger charge is -2.32. The Balaban J connectivity index is 1.31. The molecule has 4 rings (SSSR count). The lowest BCUT2D eigenvalue weighted by molar-refractivity contribution is -0.131. The topological polar surface area (TPSA) is 62.3 Å². The molecule has 2 heterocycles. The Morgan fingerprint density at radius 3 is 2.61 bits per heavy atom. The van der Waals surface area contributed by atoms with Crippen LogP contribution < -0.4 is 5.32 Å². The van der Waals surface area contributed by atoms with Crippen molar-refractivity contribution in [3.8, 4) is 0 Å². The molecule has 2 amide bonds. The minimum Gasteiger partial charge on any atom is -0.342 e. The maximum absolute atomic E-state index is 12.8. The lowest BCUT2D eigenvalue weighted by Crippen LogP contribution is -2.39. The second kappa shape index (κ2) is 10.1. The van der Waals surface area contributed by atoms with Gasteiger partial charge in [0.15, 0.2) is 5.13 Å². The van der Waals surface area contributed by atoms with E-state index in [9.17, 15) is 9.59 Å². The number of piperidine rings is 1. The van der Waals surface area contributed by atoms with Crippen molar-refractivity contribution in [1.29, 1.82) is 0 Å². The largest absolute Gasteiger partial charge is 0.342 e. The molecule has 1 saturated heterocycles. The fourth-order valence-electron chi connectivity index (χ4n) is 4.16. The standard InChI is InChI=1S/C25H29N3O2S/c1-2-6-23(29)27-25-26-21-10-9-20(16-22(21)31-25)17-24(30)28-13-11-19(12-14-28)15-18-7-4-3-5-8-18/h3-5,7-10,16,19H,2,6,11-15,17H2,1H3,(H,26,27,29). The highest BCUT2D eigenvalue weighted by atomic mass is 32.1. The summed E-state index contributed by atoms with van der Waals surface area (Å²) in [4.78, 5) is 31.1. The van der Waals surface area contributed by atoms with Crippen LogP contribution in [0.4, 0.5) is 5.13 Å². The molecule has 1 aromatic heterocycles. The highest BCUT2D eigenvalue weighted by molar-refractivity contribution is 7.22. The van der Waals surface area contributed by atoms with E-state index in [0.29, 0.717) is 23.9 Å². The molecule has 1 fully saturated rings. The molecule has 0 spiro atoms. The number of aromatic nitrogens is 1. The molecule has 1 aliphatic heterocycles. The number of amides is 2. The Morgan fingerprint density at radius 2 is 1.87 bits per heavy atom. The van der Waals surface area contributed by atoms with Gasteiger partial charge in [0.05, 0.1) is 16.6 Å². The lowest BCUT2D eigenvalue weighted by atomic mass is 9.90. The van der Waals surface area contributed by atoms with E-state index in [4.69, 9.17) is 0 Å². The summed E-state index contributed by atoms with van der Waals surface area (Å²) >= 11 is 1.46. The molecule has 162 valence electrons. The number of nitrogens with one attached hydrogen (secondary N) is 1. The first-order valence-corrected chi connectivity index (χ1v) is 11.9. The van der Waals surface area contributed by atoms with Gasteiger partial charge in [0, 0.05) is 19.5 Å². The summed E-state index contributed by atoms with van der Waals surface area (Å²) in [6.07, 6.45) is 4.95. The monoisotopic (exact) mass is 435 g/mol. The van der Waals surface area contributed by atoms with Crippen LogP contribution in [0.15, 0.2) is 48.5 Å². The fourth-order valence-corrected chi connectivity index (χ4v) is 5.11. The first kappa shape index (κ1) is 21.5. The number of hydrogen-bond donors (Lipinski definition) is 1. The summed E-state index contributed by atoms with van der Waals surface area (Å²) in [6.45, 7) is 3.66. The second-order valence-corrected chi connectivity index (χ2v) is 9.34. The molecule has 0 atom stereocenters. The SMILES string of the molecule is CCCC(=O)Nc1nc2ccc(CC(=O)N3CCC(Cc4ccccc4)CC3)cc2s1. The molecule has 2 aromatic carbocycles. The van der Waals surface area contributed by atoms with E-state index in [1.807, 2.05) is 30.0 Å². The van der Waals surface area contributed by atoms with Crippen molar-refractivity contribution < 1.29 is 9.59 Å². The van der Waals surface area contributed by atoms with Crippen molar-refractivity contribution >= 4 is 38.5 Å². The summed E-state index contributed by atoms with van der Waals surface area (Å²) < 4.78 is 0.999. The van der Waals surface area contributed by atoms with E-state index in [-0.39, 0.29) is 11.8 Å². The average Bonchev–Trinajstić information content (AvgIpc) is 3.16. The molecule has 0 radical (unpaired) electrons. The van der Waals surface area contributed by atoms with Crippen LogP contribution in [0.1, 0.15) is 43.7 Å². The summed E-state index contributed by atoms with van der Waals surface area (Å²) in [5.41, 5.74) is 3.24.